The SMILES string of the molecule is CO[C@H]1CC[C@]2(CC1)NC(=O)C(c1c(C)ccc(-c3ccc(F)cc3)c1C)=C2O. The van der Waals surface area contributed by atoms with E-state index in [-0.39, 0.29) is 23.6 Å². The molecule has 0 atom stereocenters. The van der Waals surface area contributed by atoms with Crippen molar-refractivity contribution >= 4 is 11.5 Å². The van der Waals surface area contributed by atoms with Crippen LogP contribution in [0.2, 0.25) is 0 Å². The summed E-state index contributed by atoms with van der Waals surface area (Å²) in [4.78, 5) is 13.0. The van der Waals surface area contributed by atoms with Crippen LogP contribution in [0.15, 0.2) is 42.2 Å². The summed E-state index contributed by atoms with van der Waals surface area (Å²) in [6.07, 6.45) is 3.06. The van der Waals surface area contributed by atoms with Gasteiger partial charge in [-0.1, -0.05) is 24.3 Å². The quantitative estimate of drug-likeness (QED) is 0.782. The van der Waals surface area contributed by atoms with Gasteiger partial charge in [0.05, 0.1) is 17.2 Å². The number of carbonyl (C=O) groups is 1. The molecule has 2 N–H and O–H groups in total. The second kappa shape index (κ2) is 7.30. The maximum absolute atomic E-state index is 13.3. The fourth-order valence-corrected chi connectivity index (χ4v) is 4.77. The Morgan fingerprint density at radius 3 is 2.38 bits per heavy atom. The number of ether oxygens (including phenoxy) is 1. The molecule has 0 saturated heterocycles. The third kappa shape index (κ3) is 3.23. The first-order valence-corrected chi connectivity index (χ1v) is 10.0. The minimum atomic E-state index is -0.702. The molecule has 0 radical (unpaired) electrons. The van der Waals surface area contributed by atoms with Crippen LogP contribution >= 0.6 is 0 Å². The molecule has 4 nitrogen and oxygen atoms in total. The number of methoxy groups -OCH3 is 1. The molecule has 2 aliphatic rings. The molecule has 1 aliphatic carbocycles. The Morgan fingerprint density at radius 2 is 1.76 bits per heavy atom. The first-order valence-electron chi connectivity index (χ1n) is 10.0. The Labute approximate surface area is 170 Å². The van der Waals surface area contributed by atoms with Gasteiger partial charge in [0.25, 0.3) is 5.91 Å². The van der Waals surface area contributed by atoms with Gasteiger partial charge < -0.3 is 15.2 Å². The van der Waals surface area contributed by atoms with E-state index >= 15 is 0 Å². The maximum Gasteiger partial charge on any atom is 0.256 e. The van der Waals surface area contributed by atoms with Crippen molar-refractivity contribution in [3.05, 3.63) is 64.7 Å². The molecule has 1 amide bonds. The zero-order chi connectivity index (χ0) is 20.8. The van der Waals surface area contributed by atoms with E-state index in [1.54, 1.807) is 19.2 Å². The number of nitrogens with one attached hydrogen (secondary N) is 1. The zero-order valence-corrected chi connectivity index (χ0v) is 17.0. The van der Waals surface area contributed by atoms with Gasteiger partial charge in [-0.05, 0) is 79.5 Å². The predicted molar refractivity (Wildman–Crippen MR) is 111 cm³/mol. The van der Waals surface area contributed by atoms with E-state index in [1.807, 2.05) is 26.0 Å². The monoisotopic (exact) mass is 395 g/mol. The summed E-state index contributed by atoms with van der Waals surface area (Å²) in [6, 6.07) is 10.2. The van der Waals surface area contributed by atoms with Gasteiger partial charge in [-0.2, -0.15) is 0 Å². The fourth-order valence-electron chi connectivity index (χ4n) is 4.77. The summed E-state index contributed by atoms with van der Waals surface area (Å²) >= 11 is 0. The molecular weight excluding hydrogens is 369 g/mol. The van der Waals surface area contributed by atoms with E-state index in [0.29, 0.717) is 18.4 Å². The summed E-state index contributed by atoms with van der Waals surface area (Å²) in [5, 5.41) is 14.3. The van der Waals surface area contributed by atoms with Crippen molar-refractivity contribution in [2.24, 2.45) is 0 Å². The highest BCUT2D eigenvalue weighted by Crippen LogP contribution is 2.44. The van der Waals surface area contributed by atoms with Gasteiger partial charge in [0.2, 0.25) is 0 Å². The summed E-state index contributed by atoms with van der Waals surface area (Å²) in [5.74, 6) is -0.386. The molecule has 152 valence electrons. The molecule has 1 heterocycles. The number of carbonyl (C=O) groups excluding carboxylic acids is 1. The van der Waals surface area contributed by atoms with Crippen LogP contribution in [0, 0.1) is 19.7 Å². The van der Waals surface area contributed by atoms with Crippen LogP contribution in [0.1, 0.15) is 42.4 Å². The van der Waals surface area contributed by atoms with E-state index in [0.717, 1.165) is 40.7 Å². The normalized spacial score (nSPS) is 24.3. The second-order valence-corrected chi connectivity index (χ2v) is 8.13. The number of hydrogen-bond donors (Lipinski definition) is 2. The van der Waals surface area contributed by atoms with E-state index in [4.69, 9.17) is 4.74 Å². The van der Waals surface area contributed by atoms with Crippen LogP contribution < -0.4 is 5.32 Å². The first kappa shape index (κ1) is 19.6. The fraction of sp³-hybridized carbons (Fsp3) is 0.375. The minimum Gasteiger partial charge on any atom is -0.509 e. The lowest BCUT2D eigenvalue weighted by Crippen LogP contribution is -2.48. The number of aliphatic hydroxyl groups excluding tert-OH is 1. The molecular formula is C24H26FNO3. The lowest BCUT2D eigenvalue weighted by molar-refractivity contribution is -0.116. The molecule has 4 rings (SSSR count). The standard InChI is InChI=1S/C24H26FNO3/c1-14-4-9-19(16-5-7-17(25)8-6-16)15(2)20(14)21-22(27)24(26-23(21)28)12-10-18(29-3)11-13-24/h4-9,18,27H,10-13H2,1-3H3,(H,26,28)/t18-,24+. The molecule has 1 fully saturated rings. The molecule has 5 heteroatoms. The lowest BCUT2D eigenvalue weighted by Gasteiger charge is -2.36. The topological polar surface area (TPSA) is 58.6 Å². The van der Waals surface area contributed by atoms with Crippen LogP contribution in [0.5, 0.6) is 0 Å². The second-order valence-electron chi connectivity index (χ2n) is 8.13. The summed E-state index contributed by atoms with van der Waals surface area (Å²) in [7, 11) is 1.70. The van der Waals surface area contributed by atoms with Crippen molar-refractivity contribution in [2.45, 2.75) is 51.2 Å². The van der Waals surface area contributed by atoms with E-state index < -0.39 is 5.54 Å². The molecule has 0 bridgehead atoms. The van der Waals surface area contributed by atoms with Crippen LogP contribution in [0.3, 0.4) is 0 Å². The average Bonchev–Trinajstić information content (AvgIpc) is 2.94. The molecule has 1 saturated carbocycles. The van der Waals surface area contributed by atoms with E-state index in [9.17, 15) is 14.3 Å². The Hall–Kier alpha value is -2.66. The number of aryl methyl sites for hydroxylation is 1. The third-order valence-corrected chi connectivity index (χ3v) is 6.47. The Bertz CT molecular complexity index is 986. The molecule has 0 unspecified atom stereocenters. The van der Waals surface area contributed by atoms with E-state index in [2.05, 4.69) is 5.32 Å². The van der Waals surface area contributed by atoms with Crippen molar-refractivity contribution in [2.75, 3.05) is 7.11 Å². The van der Waals surface area contributed by atoms with Gasteiger partial charge in [0.15, 0.2) is 0 Å². The van der Waals surface area contributed by atoms with Gasteiger partial charge in [0.1, 0.15) is 11.6 Å². The largest absolute Gasteiger partial charge is 0.509 e. The minimum absolute atomic E-state index is 0.138. The Kier molecular flexibility index (Phi) is 4.95. The van der Waals surface area contributed by atoms with Crippen LogP contribution in [-0.4, -0.2) is 29.8 Å². The highest BCUT2D eigenvalue weighted by molar-refractivity contribution is 6.24. The molecule has 2 aromatic rings. The number of aliphatic hydroxyl groups is 1. The van der Waals surface area contributed by atoms with Crippen molar-refractivity contribution in [3.8, 4) is 11.1 Å². The number of benzene rings is 2. The molecule has 2 aromatic carbocycles. The first-order chi connectivity index (χ1) is 13.9. The van der Waals surface area contributed by atoms with Gasteiger partial charge in [-0.3, -0.25) is 4.79 Å². The average molecular weight is 395 g/mol. The lowest BCUT2D eigenvalue weighted by atomic mass is 9.78. The molecule has 29 heavy (non-hydrogen) atoms. The van der Waals surface area contributed by atoms with Crippen molar-refractivity contribution < 1.29 is 19.0 Å². The highest BCUT2D eigenvalue weighted by atomic mass is 19.1. The number of halogens is 1. The summed E-state index contributed by atoms with van der Waals surface area (Å²) in [5.41, 5.74) is 4.03. The zero-order valence-electron chi connectivity index (χ0n) is 17.0. The third-order valence-electron chi connectivity index (χ3n) is 6.47. The number of rotatable bonds is 3. The summed E-state index contributed by atoms with van der Waals surface area (Å²) < 4.78 is 18.8. The predicted octanol–water partition coefficient (Wildman–Crippen LogP) is 4.84. The molecule has 1 spiro atoms. The Balaban J connectivity index is 1.80. The van der Waals surface area contributed by atoms with Crippen LogP contribution in [-0.2, 0) is 9.53 Å². The van der Waals surface area contributed by atoms with Crippen molar-refractivity contribution in [3.63, 3.8) is 0 Å². The molecule has 0 aromatic heterocycles. The van der Waals surface area contributed by atoms with Gasteiger partial charge in [-0.25, -0.2) is 4.39 Å². The number of hydrogen-bond acceptors (Lipinski definition) is 3. The van der Waals surface area contributed by atoms with Gasteiger partial charge >= 0.3 is 0 Å². The van der Waals surface area contributed by atoms with Gasteiger partial charge in [-0.15, -0.1) is 0 Å². The smallest absolute Gasteiger partial charge is 0.256 e. The number of amides is 1. The Morgan fingerprint density at radius 1 is 1.10 bits per heavy atom. The van der Waals surface area contributed by atoms with Crippen molar-refractivity contribution in [1.29, 1.82) is 0 Å². The van der Waals surface area contributed by atoms with Gasteiger partial charge in [0, 0.05) is 7.11 Å². The molecule has 1 aliphatic heterocycles. The highest BCUT2D eigenvalue weighted by Gasteiger charge is 2.48. The van der Waals surface area contributed by atoms with Crippen LogP contribution in [0.4, 0.5) is 4.39 Å². The van der Waals surface area contributed by atoms with E-state index in [1.165, 1.54) is 12.1 Å². The van der Waals surface area contributed by atoms with Crippen molar-refractivity contribution in [1.82, 2.24) is 5.32 Å². The van der Waals surface area contributed by atoms with Crippen LogP contribution in [0.25, 0.3) is 16.7 Å². The summed E-state index contributed by atoms with van der Waals surface area (Å²) in [6.45, 7) is 3.89. The maximum atomic E-state index is 13.3.